The first-order valence-electron chi connectivity index (χ1n) is 13.3. The van der Waals surface area contributed by atoms with Gasteiger partial charge in [0.1, 0.15) is 15.7 Å². The number of hydrogen-bond acceptors (Lipinski definition) is 7. The average Bonchev–Trinajstić information content (AvgIpc) is 3.77. The minimum absolute atomic E-state index is 0.0205. The summed E-state index contributed by atoms with van der Waals surface area (Å²) in [6, 6.07) is 14.8. The van der Waals surface area contributed by atoms with Crippen molar-refractivity contribution in [1.29, 1.82) is 5.26 Å². The second-order valence-corrected chi connectivity index (χ2v) is 15.0. The van der Waals surface area contributed by atoms with E-state index in [2.05, 4.69) is 10.3 Å². The van der Waals surface area contributed by atoms with Gasteiger partial charge in [-0.1, -0.05) is 6.07 Å². The highest BCUT2D eigenvalue weighted by molar-refractivity contribution is 7.93. The molecule has 1 amide bonds. The molecule has 3 aliphatic rings. The molecule has 6 rings (SSSR count). The molecule has 3 aromatic rings. The van der Waals surface area contributed by atoms with Crippen molar-refractivity contribution in [3.05, 3.63) is 89.0 Å². The third-order valence-corrected chi connectivity index (χ3v) is 11.9. The number of pyridine rings is 1. The summed E-state index contributed by atoms with van der Waals surface area (Å²) in [5.74, 6) is -1.16. The number of nitriles is 1. The number of sulfonamides is 1. The largest absolute Gasteiger partial charge is 0.346 e. The minimum Gasteiger partial charge on any atom is -0.346 e. The quantitative estimate of drug-likeness (QED) is 0.461. The number of amides is 1. The van der Waals surface area contributed by atoms with E-state index in [-0.39, 0.29) is 58.5 Å². The van der Waals surface area contributed by atoms with Crippen LogP contribution >= 0.6 is 0 Å². The zero-order chi connectivity index (χ0) is 29.0. The van der Waals surface area contributed by atoms with Crippen LogP contribution in [-0.4, -0.2) is 45.3 Å². The maximum atomic E-state index is 14.2. The Morgan fingerprint density at radius 3 is 2.56 bits per heavy atom. The Morgan fingerprint density at radius 1 is 1.12 bits per heavy atom. The molecule has 1 aromatic heterocycles. The molecule has 9 nitrogen and oxygen atoms in total. The van der Waals surface area contributed by atoms with Crippen molar-refractivity contribution in [1.82, 2.24) is 10.3 Å². The second kappa shape index (κ2) is 9.92. The predicted octanol–water partition coefficient (Wildman–Crippen LogP) is 3.46. The summed E-state index contributed by atoms with van der Waals surface area (Å²) in [6.07, 6.45) is 3.51. The number of fused-ring (bicyclic) bond motifs is 2. The Hall–Kier alpha value is -3.82. The molecule has 0 bridgehead atoms. The summed E-state index contributed by atoms with van der Waals surface area (Å²) in [5, 5.41) is 12.1. The lowest BCUT2D eigenvalue weighted by Gasteiger charge is -2.41. The number of nitrogens with zero attached hydrogens (tertiary/aromatic N) is 3. The van der Waals surface area contributed by atoms with Crippen LogP contribution < -0.4 is 9.62 Å². The maximum Gasteiger partial charge on any atom is 0.264 e. The van der Waals surface area contributed by atoms with Gasteiger partial charge in [-0.25, -0.2) is 21.2 Å². The molecule has 1 unspecified atom stereocenters. The Labute approximate surface area is 238 Å². The summed E-state index contributed by atoms with van der Waals surface area (Å²) < 4.78 is 69.0. The van der Waals surface area contributed by atoms with Crippen LogP contribution in [0.5, 0.6) is 0 Å². The van der Waals surface area contributed by atoms with Crippen molar-refractivity contribution in [3.8, 4) is 6.07 Å². The predicted molar refractivity (Wildman–Crippen MR) is 149 cm³/mol. The fraction of sp³-hybridized carbons (Fsp3) is 0.345. The molecule has 1 aliphatic carbocycles. The molecule has 2 aliphatic heterocycles. The van der Waals surface area contributed by atoms with Gasteiger partial charge in [0.05, 0.1) is 52.0 Å². The zero-order valence-electron chi connectivity index (χ0n) is 22.0. The molecule has 1 N–H and O–H groups in total. The molecular weight excluding hydrogens is 567 g/mol. The number of aromatic nitrogens is 1. The van der Waals surface area contributed by atoms with E-state index in [1.807, 2.05) is 6.07 Å². The lowest BCUT2D eigenvalue weighted by molar-refractivity contribution is 0.0950. The Morgan fingerprint density at radius 2 is 1.88 bits per heavy atom. The number of rotatable bonds is 6. The number of carbonyl (C=O) groups excluding carboxylic acids is 1. The van der Waals surface area contributed by atoms with Gasteiger partial charge in [0.15, 0.2) is 0 Å². The summed E-state index contributed by atoms with van der Waals surface area (Å²) in [7, 11) is -7.43. The minimum atomic E-state index is -4.14. The molecule has 1 spiro atoms. The molecule has 2 fully saturated rings. The Kier molecular flexibility index (Phi) is 6.62. The fourth-order valence-electron chi connectivity index (χ4n) is 6.26. The first-order valence-corrected chi connectivity index (χ1v) is 16.6. The molecule has 0 radical (unpaired) electrons. The Balaban J connectivity index is 1.44. The van der Waals surface area contributed by atoms with Gasteiger partial charge in [0.2, 0.25) is 0 Å². The molecule has 12 heteroatoms. The Bertz CT molecular complexity index is 1800. The van der Waals surface area contributed by atoms with Crippen molar-refractivity contribution in [2.24, 2.45) is 5.92 Å². The molecule has 3 heterocycles. The van der Waals surface area contributed by atoms with Gasteiger partial charge in [0, 0.05) is 17.2 Å². The smallest absolute Gasteiger partial charge is 0.264 e. The molecule has 2 aromatic carbocycles. The van der Waals surface area contributed by atoms with Crippen LogP contribution in [0, 0.1) is 23.1 Å². The van der Waals surface area contributed by atoms with Crippen molar-refractivity contribution in [2.75, 3.05) is 15.8 Å². The third kappa shape index (κ3) is 4.77. The van der Waals surface area contributed by atoms with Crippen molar-refractivity contribution < 1.29 is 26.0 Å². The van der Waals surface area contributed by atoms with Gasteiger partial charge in [-0.15, -0.1) is 0 Å². The third-order valence-electron chi connectivity index (χ3n) is 8.41. The van der Waals surface area contributed by atoms with Crippen molar-refractivity contribution >= 4 is 31.5 Å². The maximum absolute atomic E-state index is 14.2. The van der Waals surface area contributed by atoms with Crippen LogP contribution in [0.3, 0.4) is 0 Å². The van der Waals surface area contributed by atoms with E-state index in [0.29, 0.717) is 11.3 Å². The van der Waals surface area contributed by atoms with E-state index in [1.165, 1.54) is 53.0 Å². The van der Waals surface area contributed by atoms with Crippen LogP contribution in [0.25, 0.3) is 0 Å². The number of anilines is 1. The van der Waals surface area contributed by atoms with Crippen molar-refractivity contribution in [3.63, 3.8) is 0 Å². The van der Waals surface area contributed by atoms with Gasteiger partial charge >= 0.3 is 0 Å². The van der Waals surface area contributed by atoms with E-state index >= 15 is 0 Å². The lowest BCUT2D eigenvalue weighted by Crippen LogP contribution is -2.52. The highest BCUT2D eigenvalue weighted by Crippen LogP contribution is 2.59. The zero-order valence-corrected chi connectivity index (χ0v) is 23.6. The SMILES string of the molecule is N#Cc1cccc(S(=O)(=O)N2c3ccc(C(=O)NCc4ncccc4F)cc3C3(CCS(=O)(=O)CC3)C2C2CC2)c1. The van der Waals surface area contributed by atoms with E-state index in [0.717, 1.165) is 12.8 Å². The van der Waals surface area contributed by atoms with Gasteiger partial charge in [-0.3, -0.25) is 14.1 Å². The highest BCUT2D eigenvalue weighted by Gasteiger charge is 2.60. The van der Waals surface area contributed by atoms with Crippen molar-refractivity contribution in [2.45, 2.75) is 48.6 Å². The van der Waals surface area contributed by atoms with E-state index < -0.39 is 43.0 Å². The van der Waals surface area contributed by atoms with Gasteiger partial charge in [-0.05, 0) is 85.7 Å². The molecule has 1 atom stereocenters. The van der Waals surface area contributed by atoms with Crippen LogP contribution in [0.4, 0.5) is 10.1 Å². The fourth-order valence-corrected chi connectivity index (χ4v) is 9.66. The number of hydrogen-bond donors (Lipinski definition) is 1. The average molecular weight is 595 g/mol. The van der Waals surface area contributed by atoms with Crippen LogP contribution in [0.1, 0.15) is 52.9 Å². The first kappa shape index (κ1) is 27.4. The topological polar surface area (TPSA) is 137 Å². The van der Waals surface area contributed by atoms with Gasteiger partial charge in [0.25, 0.3) is 15.9 Å². The summed E-state index contributed by atoms with van der Waals surface area (Å²) in [4.78, 5) is 17.1. The van der Waals surface area contributed by atoms with E-state index in [9.17, 15) is 31.3 Å². The summed E-state index contributed by atoms with van der Waals surface area (Å²) in [6.45, 7) is -0.133. The number of sulfone groups is 1. The van der Waals surface area contributed by atoms with Gasteiger partial charge in [-0.2, -0.15) is 5.26 Å². The molecule has 212 valence electrons. The highest BCUT2D eigenvalue weighted by atomic mass is 32.2. The number of benzene rings is 2. The second-order valence-electron chi connectivity index (χ2n) is 10.9. The first-order chi connectivity index (χ1) is 19.6. The number of nitrogens with one attached hydrogen (secondary N) is 1. The molecular formula is C29H27FN4O5S2. The summed E-state index contributed by atoms with van der Waals surface area (Å²) in [5.41, 5.74) is 0.792. The van der Waals surface area contributed by atoms with Gasteiger partial charge < -0.3 is 5.32 Å². The number of carbonyl (C=O) groups is 1. The molecule has 1 saturated carbocycles. The summed E-state index contributed by atoms with van der Waals surface area (Å²) >= 11 is 0. The molecule has 1 saturated heterocycles. The number of halogens is 1. The standard InChI is InChI=1S/C29H27FN4O5S2/c30-24-5-2-12-32-25(24)18-33-28(35)21-8-9-26-23(16-21)29(10-13-40(36,37)14-11-29)27(20-6-7-20)34(26)41(38,39)22-4-1-3-19(15-22)17-31/h1-5,8-9,12,15-16,20,27H,6-7,10-11,13-14,18H2,(H,33,35). The lowest BCUT2D eigenvalue weighted by atomic mass is 9.70. The van der Waals surface area contributed by atoms with Crippen LogP contribution in [0.15, 0.2) is 65.7 Å². The van der Waals surface area contributed by atoms with Crippen LogP contribution in [-0.2, 0) is 31.8 Å². The van der Waals surface area contributed by atoms with E-state index in [1.54, 1.807) is 12.1 Å². The normalized spacial score (nSPS) is 20.8. The van der Waals surface area contributed by atoms with Crippen LogP contribution in [0.2, 0.25) is 0 Å². The monoisotopic (exact) mass is 594 g/mol. The van der Waals surface area contributed by atoms with E-state index in [4.69, 9.17) is 0 Å². The molecule has 41 heavy (non-hydrogen) atoms.